The highest BCUT2D eigenvalue weighted by molar-refractivity contribution is 5.81. The molecule has 0 radical (unpaired) electrons. The van der Waals surface area contributed by atoms with Crippen molar-refractivity contribution in [2.75, 3.05) is 33.7 Å². The standard InChI is InChI=1S/C21H32FN3O2/c1-25(2)15-3-13-23-20(26)17-6-8-18(9-7-17)21(27)24-14-12-16-4-10-19(22)11-5-16/h4-5,10-11,17-18H,3,6-9,12-15H2,1-2H3,(H,23,26)(H,24,27). The van der Waals surface area contributed by atoms with Crippen LogP contribution in [0, 0.1) is 17.7 Å². The van der Waals surface area contributed by atoms with E-state index in [1.807, 2.05) is 14.1 Å². The summed E-state index contributed by atoms with van der Waals surface area (Å²) in [6.07, 6.45) is 4.71. The summed E-state index contributed by atoms with van der Waals surface area (Å²) in [5.74, 6) is -0.0178. The summed E-state index contributed by atoms with van der Waals surface area (Å²) in [5.41, 5.74) is 1.01. The van der Waals surface area contributed by atoms with Gasteiger partial charge in [0.1, 0.15) is 5.82 Å². The lowest BCUT2D eigenvalue weighted by atomic mass is 9.81. The molecule has 0 heterocycles. The molecule has 1 saturated carbocycles. The molecular weight excluding hydrogens is 345 g/mol. The van der Waals surface area contributed by atoms with Crippen LogP contribution in [0.5, 0.6) is 0 Å². The fourth-order valence-corrected chi connectivity index (χ4v) is 3.49. The number of nitrogens with zero attached hydrogens (tertiary/aromatic N) is 1. The van der Waals surface area contributed by atoms with Crippen molar-refractivity contribution in [3.63, 3.8) is 0 Å². The Morgan fingerprint density at radius 3 is 2.00 bits per heavy atom. The van der Waals surface area contributed by atoms with E-state index in [0.29, 0.717) is 19.5 Å². The molecule has 0 bridgehead atoms. The van der Waals surface area contributed by atoms with Crippen LogP contribution in [0.2, 0.25) is 0 Å². The maximum absolute atomic E-state index is 12.9. The number of hydrogen-bond acceptors (Lipinski definition) is 3. The molecule has 5 nitrogen and oxygen atoms in total. The summed E-state index contributed by atoms with van der Waals surface area (Å²) >= 11 is 0. The van der Waals surface area contributed by atoms with Crippen LogP contribution < -0.4 is 10.6 Å². The molecule has 1 aliphatic rings. The first-order valence-corrected chi connectivity index (χ1v) is 9.90. The fourth-order valence-electron chi connectivity index (χ4n) is 3.49. The highest BCUT2D eigenvalue weighted by Crippen LogP contribution is 2.29. The van der Waals surface area contributed by atoms with Crippen molar-refractivity contribution in [3.05, 3.63) is 35.6 Å². The molecule has 6 heteroatoms. The molecule has 2 rings (SSSR count). The second kappa shape index (κ2) is 11.0. The predicted octanol–water partition coefficient (Wildman–Crippen LogP) is 2.36. The Balaban J connectivity index is 1.62. The largest absolute Gasteiger partial charge is 0.356 e. The lowest BCUT2D eigenvalue weighted by Crippen LogP contribution is -2.38. The van der Waals surface area contributed by atoms with Crippen LogP contribution in [0.4, 0.5) is 4.39 Å². The molecule has 1 aliphatic carbocycles. The van der Waals surface area contributed by atoms with E-state index in [1.165, 1.54) is 12.1 Å². The minimum Gasteiger partial charge on any atom is -0.356 e. The van der Waals surface area contributed by atoms with Crippen LogP contribution in [0.3, 0.4) is 0 Å². The summed E-state index contributed by atoms with van der Waals surface area (Å²) in [4.78, 5) is 26.6. The first kappa shape index (κ1) is 21.4. The van der Waals surface area contributed by atoms with Gasteiger partial charge in [-0.15, -0.1) is 0 Å². The van der Waals surface area contributed by atoms with Gasteiger partial charge in [0.2, 0.25) is 11.8 Å². The van der Waals surface area contributed by atoms with Crippen LogP contribution in [-0.4, -0.2) is 50.4 Å². The second-order valence-electron chi connectivity index (χ2n) is 7.66. The first-order valence-electron chi connectivity index (χ1n) is 9.90. The third-order valence-electron chi connectivity index (χ3n) is 5.18. The van der Waals surface area contributed by atoms with Crippen molar-refractivity contribution >= 4 is 11.8 Å². The molecule has 2 amide bonds. The quantitative estimate of drug-likeness (QED) is 0.650. The van der Waals surface area contributed by atoms with E-state index in [2.05, 4.69) is 15.5 Å². The summed E-state index contributed by atoms with van der Waals surface area (Å²) < 4.78 is 12.9. The Morgan fingerprint density at radius 2 is 1.48 bits per heavy atom. The van der Waals surface area contributed by atoms with E-state index in [9.17, 15) is 14.0 Å². The van der Waals surface area contributed by atoms with Gasteiger partial charge in [0, 0.05) is 24.9 Å². The number of halogens is 1. The molecular formula is C21H32FN3O2. The number of carbonyl (C=O) groups is 2. The zero-order chi connectivity index (χ0) is 19.6. The van der Waals surface area contributed by atoms with Crippen molar-refractivity contribution in [1.29, 1.82) is 0 Å². The second-order valence-corrected chi connectivity index (χ2v) is 7.66. The number of carbonyl (C=O) groups excluding carboxylic acids is 2. The van der Waals surface area contributed by atoms with Crippen LogP contribution in [0.15, 0.2) is 24.3 Å². The van der Waals surface area contributed by atoms with Gasteiger partial charge in [-0.25, -0.2) is 4.39 Å². The third-order valence-corrected chi connectivity index (χ3v) is 5.18. The number of rotatable bonds is 9. The maximum Gasteiger partial charge on any atom is 0.223 e. The third kappa shape index (κ3) is 7.67. The Labute approximate surface area is 161 Å². The van der Waals surface area contributed by atoms with E-state index in [4.69, 9.17) is 0 Å². The minimum atomic E-state index is -0.249. The van der Waals surface area contributed by atoms with Gasteiger partial charge < -0.3 is 15.5 Å². The monoisotopic (exact) mass is 377 g/mol. The highest BCUT2D eigenvalue weighted by atomic mass is 19.1. The molecule has 2 N–H and O–H groups in total. The molecule has 0 atom stereocenters. The van der Waals surface area contributed by atoms with Crippen molar-refractivity contribution in [1.82, 2.24) is 15.5 Å². The highest BCUT2D eigenvalue weighted by Gasteiger charge is 2.29. The number of benzene rings is 1. The molecule has 27 heavy (non-hydrogen) atoms. The zero-order valence-corrected chi connectivity index (χ0v) is 16.5. The first-order chi connectivity index (χ1) is 13.0. The summed E-state index contributed by atoms with van der Waals surface area (Å²) in [6.45, 7) is 2.22. The molecule has 0 aliphatic heterocycles. The SMILES string of the molecule is CN(C)CCCNC(=O)C1CCC(C(=O)NCCc2ccc(F)cc2)CC1. The maximum atomic E-state index is 12.9. The molecule has 1 fully saturated rings. The lowest BCUT2D eigenvalue weighted by Gasteiger charge is -2.27. The molecule has 150 valence electrons. The molecule has 0 unspecified atom stereocenters. The number of amides is 2. The normalized spacial score (nSPS) is 19.7. The Bertz CT molecular complexity index is 596. The Hall–Kier alpha value is -1.95. The van der Waals surface area contributed by atoms with E-state index >= 15 is 0 Å². The van der Waals surface area contributed by atoms with Gasteiger partial charge in [0.15, 0.2) is 0 Å². The Kier molecular flexibility index (Phi) is 8.72. The molecule has 1 aromatic carbocycles. The average molecular weight is 378 g/mol. The van der Waals surface area contributed by atoms with Gasteiger partial charge >= 0.3 is 0 Å². The van der Waals surface area contributed by atoms with Gasteiger partial charge in [-0.2, -0.15) is 0 Å². The van der Waals surface area contributed by atoms with Gasteiger partial charge in [0.25, 0.3) is 0 Å². The van der Waals surface area contributed by atoms with Crippen LogP contribution in [-0.2, 0) is 16.0 Å². The Morgan fingerprint density at radius 1 is 0.963 bits per heavy atom. The topological polar surface area (TPSA) is 61.4 Å². The van der Waals surface area contributed by atoms with E-state index in [1.54, 1.807) is 12.1 Å². The lowest BCUT2D eigenvalue weighted by molar-refractivity contribution is -0.130. The van der Waals surface area contributed by atoms with Gasteiger partial charge in [-0.3, -0.25) is 9.59 Å². The average Bonchev–Trinajstić information content (AvgIpc) is 2.66. The summed E-state index contributed by atoms with van der Waals surface area (Å²) in [6, 6.07) is 6.35. The number of hydrogen-bond donors (Lipinski definition) is 2. The van der Waals surface area contributed by atoms with Crippen molar-refractivity contribution in [2.24, 2.45) is 11.8 Å². The number of nitrogens with one attached hydrogen (secondary N) is 2. The van der Waals surface area contributed by atoms with E-state index in [0.717, 1.165) is 44.2 Å². The summed E-state index contributed by atoms with van der Waals surface area (Å²) in [7, 11) is 4.04. The van der Waals surface area contributed by atoms with E-state index < -0.39 is 0 Å². The van der Waals surface area contributed by atoms with Gasteiger partial charge in [-0.1, -0.05) is 12.1 Å². The minimum absolute atomic E-state index is 0.00370. The predicted molar refractivity (Wildman–Crippen MR) is 105 cm³/mol. The van der Waals surface area contributed by atoms with Crippen molar-refractivity contribution < 1.29 is 14.0 Å². The van der Waals surface area contributed by atoms with Crippen LogP contribution in [0.25, 0.3) is 0 Å². The van der Waals surface area contributed by atoms with E-state index in [-0.39, 0.29) is 29.5 Å². The molecule has 0 spiro atoms. The smallest absolute Gasteiger partial charge is 0.223 e. The van der Waals surface area contributed by atoms with Crippen molar-refractivity contribution in [2.45, 2.75) is 38.5 Å². The summed E-state index contributed by atoms with van der Waals surface area (Å²) in [5, 5.41) is 5.99. The van der Waals surface area contributed by atoms with Crippen LogP contribution >= 0.6 is 0 Å². The molecule has 0 saturated heterocycles. The molecule has 1 aromatic rings. The fraction of sp³-hybridized carbons (Fsp3) is 0.619. The van der Waals surface area contributed by atoms with Crippen LogP contribution in [0.1, 0.15) is 37.7 Å². The van der Waals surface area contributed by atoms with Crippen molar-refractivity contribution in [3.8, 4) is 0 Å². The zero-order valence-electron chi connectivity index (χ0n) is 16.5. The van der Waals surface area contributed by atoms with Gasteiger partial charge in [0.05, 0.1) is 0 Å². The molecule has 0 aromatic heterocycles. The van der Waals surface area contributed by atoms with Gasteiger partial charge in [-0.05, 0) is 76.9 Å².